The van der Waals surface area contributed by atoms with Crippen LogP contribution in [0.25, 0.3) is 0 Å². The molecule has 6 heteroatoms. The quantitative estimate of drug-likeness (QED) is 0.757. The third-order valence-corrected chi connectivity index (χ3v) is 2.89. The summed E-state index contributed by atoms with van der Waals surface area (Å²) in [5, 5.41) is 2.62. The second kappa shape index (κ2) is 8.63. The van der Waals surface area contributed by atoms with Crippen LogP contribution in [0.4, 0.5) is 0 Å². The summed E-state index contributed by atoms with van der Waals surface area (Å²) in [6.45, 7) is 2.37. The van der Waals surface area contributed by atoms with Gasteiger partial charge in [0, 0.05) is 6.54 Å². The SMILES string of the molecule is CCCNC(=O)COC(=O)c1ccc(COc2ccccc2)o1. The van der Waals surface area contributed by atoms with Crippen molar-refractivity contribution in [3.63, 3.8) is 0 Å². The van der Waals surface area contributed by atoms with Crippen LogP contribution in [0.3, 0.4) is 0 Å². The van der Waals surface area contributed by atoms with E-state index in [0.717, 1.165) is 6.42 Å². The summed E-state index contributed by atoms with van der Waals surface area (Å²) in [7, 11) is 0. The summed E-state index contributed by atoms with van der Waals surface area (Å²) in [4.78, 5) is 23.1. The van der Waals surface area contributed by atoms with Crippen LogP contribution in [-0.4, -0.2) is 25.0 Å². The van der Waals surface area contributed by atoms with E-state index < -0.39 is 5.97 Å². The van der Waals surface area contributed by atoms with E-state index in [4.69, 9.17) is 13.9 Å². The molecule has 1 amide bonds. The Morgan fingerprint density at radius 3 is 2.65 bits per heavy atom. The summed E-state index contributed by atoms with van der Waals surface area (Å²) < 4.78 is 15.7. The Morgan fingerprint density at radius 1 is 1.13 bits per heavy atom. The zero-order chi connectivity index (χ0) is 16.5. The molecule has 0 aliphatic rings. The second-order valence-corrected chi connectivity index (χ2v) is 4.79. The minimum absolute atomic E-state index is 0.0416. The Labute approximate surface area is 134 Å². The Balaban J connectivity index is 1.79. The molecule has 1 aromatic heterocycles. The van der Waals surface area contributed by atoms with Gasteiger partial charge in [0.25, 0.3) is 5.91 Å². The summed E-state index contributed by atoms with van der Waals surface area (Å²) in [5.74, 6) is 0.235. The molecule has 0 spiro atoms. The highest BCUT2D eigenvalue weighted by Gasteiger charge is 2.14. The number of para-hydroxylation sites is 1. The molecule has 0 fully saturated rings. The molecule has 122 valence electrons. The van der Waals surface area contributed by atoms with Crippen molar-refractivity contribution in [1.29, 1.82) is 0 Å². The minimum atomic E-state index is -0.678. The van der Waals surface area contributed by atoms with Crippen molar-refractivity contribution in [2.75, 3.05) is 13.2 Å². The molecule has 0 unspecified atom stereocenters. The molecule has 1 N–H and O–H groups in total. The van der Waals surface area contributed by atoms with Crippen molar-refractivity contribution in [3.05, 3.63) is 54.0 Å². The Bertz CT molecular complexity index is 635. The molecular weight excluding hydrogens is 298 g/mol. The van der Waals surface area contributed by atoms with Crippen LogP contribution in [0, 0.1) is 0 Å². The van der Waals surface area contributed by atoms with E-state index in [-0.39, 0.29) is 24.9 Å². The van der Waals surface area contributed by atoms with E-state index in [2.05, 4.69) is 5.32 Å². The summed E-state index contributed by atoms with van der Waals surface area (Å²) in [5.41, 5.74) is 0. The smallest absolute Gasteiger partial charge is 0.374 e. The average molecular weight is 317 g/mol. The van der Waals surface area contributed by atoms with Gasteiger partial charge in [0.2, 0.25) is 5.76 Å². The van der Waals surface area contributed by atoms with E-state index in [1.165, 1.54) is 6.07 Å². The number of hydrogen-bond donors (Lipinski definition) is 1. The standard InChI is InChI=1S/C17H19NO5/c1-2-10-18-16(19)12-22-17(20)15-9-8-14(23-15)11-21-13-6-4-3-5-7-13/h3-9H,2,10-12H2,1H3,(H,18,19). The fraction of sp³-hybridized carbons (Fsp3) is 0.294. The number of amides is 1. The fourth-order valence-electron chi connectivity index (χ4n) is 1.75. The normalized spacial score (nSPS) is 10.1. The van der Waals surface area contributed by atoms with Crippen LogP contribution < -0.4 is 10.1 Å². The molecule has 23 heavy (non-hydrogen) atoms. The van der Waals surface area contributed by atoms with Crippen LogP contribution in [0.2, 0.25) is 0 Å². The number of esters is 1. The largest absolute Gasteiger partial charge is 0.486 e. The molecule has 1 aromatic carbocycles. The summed E-state index contributed by atoms with van der Waals surface area (Å²) in [6.07, 6.45) is 0.822. The van der Waals surface area contributed by atoms with Crippen LogP contribution in [-0.2, 0) is 16.1 Å². The summed E-state index contributed by atoms with van der Waals surface area (Å²) in [6, 6.07) is 12.4. The average Bonchev–Trinajstić information content (AvgIpc) is 3.06. The lowest BCUT2D eigenvalue weighted by molar-refractivity contribution is -0.124. The molecule has 0 atom stereocenters. The topological polar surface area (TPSA) is 77.8 Å². The van der Waals surface area contributed by atoms with Crippen LogP contribution in [0.15, 0.2) is 46.9 Å². The highest BCUT2D eigenvalue weighted by Crippen LogP contribution is 2.14. The van der Waals surface area contributed by atoms with Crippen molar-refractivity contribution in [1.82, 2.24) is 5.32 Å². The second-order valence-electron chi connectivity index (χ2n) is 4.79. The number of nitrogens with one attached hydrogen (secondary N) is 1. The van der Waals surface area contributed by atoms with Gasteiger partial charge in [-0.2, -0.15) is 0 Å². The molecule has 0 radical (unpaired) electrons. The molecule has 2 aromatic rings. The first-order valence-electron chi connectivity index (χ1n) is 7.39. The van der Waals surface area contributed by atoms with Gasteiger partial charge in [0.05, 0.1) is 0 Å². The molecule has 0 bridgehead atoms. The first-order valence-corrected chi connectivity index (χ1v) is 7.39. The van der Waals surface area contributed by atoms with Gasteiger partial charge in [-0.1, -0.05) is 25.1 Å². The third kappa shape index (κ3) is 5.50. The van der Waals surface area contributed by atoms with E-state index in [0.29, 0.717) is 18.1 Å². The molecule has 0 saturated heterocycles. The van der Waals surface area contributed by atoms with Crippen LogP contribution in [0.1, 0.15) is 29.7 Å². The first kappa shape index (κ1) is 16.6. The molecule has 2 rings (SSSR count). The maximum atomic E-state index is 11.8. The Morgan fingerprint density at radius 2 is 1.91 bits per heavy atom. The predicted octanol–water partition coefficient (Wildman–Crippen LogP) is 2.54. The van der Waals surface area contributed by atoms with E-state index in [1.807, 2.05) is 37.3 Å². The van der Waals surface area contributed by atoms with E-state index in [1.54, 1.807) is 6.07 Å². The number of hydrogen-bond acceptors (Lipinski definition) is 5. The fourth-order valence-corrected chi connectivity index (χ4v) is 1.75. The van der Waals surface area contributed by atoms with Gasteiger partial charge in [0.15, 0.2) is 6.61 Å². The molecule has 1 heterocycles. The molecular formula is C17H19NO5. The van der Waals surface area contributed by atoms with Crippen molar-refractivity contribution in [2.24, 2.45) is 0 Å². The van der Waals surface area contributed by atoms with Crippen molar-refractivity contribution < 1.29 is 23.5 Å². The third-order valence-electron chi connectivity index (χ3n) is 2.89. The number of benzene rings is 1. The number of furan rings is 1. The number of ether oxygens (including phenoxy) is 2. The van der Waals surface area contributed by atoms with E-state index >= 15 is 0 Å². The van der Waals surface area contributed by atoms with Gasteiger partial charge < -0.3 is 19.2 Å². The monoisotopic (exact) mass is 317 g/mol. The highest BCUT2D eigenvalue weighted by molar-refractivity contribution is 5.88. The molecule has 0 aliphatic heterocycles. The lowest BCUT2D eigenvalue weighted by Crippen LogP contribution is -2.29. The highest BCUT2D eigenvalue weighted by atomic mass is 16.6. The van der Waals surface area contributed by atoms with E-state index in [9.17, 15) is 9.59 Å². The number of carbonyl (C=O) groups excluding carboxylic acids is 2. The van der Waals surface area contributed by atoms with Gasteiger partial charge in [-0.3, -0.25) is 4.79 Å². The van der Waals surface area contributed by atoms with Gasteiger partial charge in [-0.25, -0.2) is 4.79 Å². The zero-order valence-electron chi connectivity index (χ0n) is 12.9. The van der Waals surface area contributed by atoms with Crippen LogP contribution in [0.5, 0.6) is 5.75 Å². The molecule has 6 nitrogen and oxygen atoms in total. The van der Waals surface area contributed by atoms with Gasteiger partial charge in [0.1, 0.15) is 18.1 Å². The van der Waals surface area contributed by atoms with Crippen molar-refractivity contribution in [2.45, 2.75) is 20.0 Å². The lowest BCUT2D eigenvalue weighted by Gasteiger charge is -2.04. The van der Waals surface area contributed by atoms with Crippen molar-refractivity contribution in [3.8, 4) is 5.75 Å². The van der Waals surface area contributed by atoms with Crippen molar-refractivity contribution >= 4 is 11.9 Å². The number of carbonyl (C=O) groups is 2. The van der Waals surface area contributed by atoms with Gasteiger partial charge in [-0.05, 0) is 30.7 Å². The van der Waals surface area contributed by atoms with Gasteiger partial charge >= 0.3 is 5.97 Å². The summed E-state index contributed by atoms with van der Waals surface area (Å²) >= 11 is 0. The predicted molar refractivity (Wildman–Crippen MR) is 83.1 cm³/mol. The molecule has 0 saturated carbocycles. The molecule has 0 aliphatic carbocycles. The Kier molecular flexibility index (Phi) is 6.23. The minimum Gasteiger partial charge on any atom is -0.486 e. The number of rotatable bonds is 8. The maximum absolute atomic E-state index is 11.8. The first-order chi connectivity index (χ1) is 11.2. The maximum Gasteiger partial charge on any atom is 0.374 e. The zero-order valence-corrected chi connectivity index (χ0v) is 12.9. The lowest BCUT2D eigenvalue weighted by atomic mass is 10.3. The van der Waals surface area contributed by atoms with Gasteiger partial charge in [-0.15, -0.1) is 0 Å². The van der Waals surface area contributed by atoms with Crippen LogP contribution >= 0.6 is 0 Å². The Hall–Kier alpha value is -2.76.